The molecule has 0 aliphatic carbocycles. The van der Waals surface area contributed by atoms with E-state index in [1.54, 1.807) is 0 Å². The SMILES string of the molecule is CC(=CCc1ccnn1C)CC1COCCN1. The topological polar surface area (TPSA) is 39.1 Å². The lowest BCUT2D eigenvalue weighted by molar-refractivity contribution is 0.0770. The van der Waals surface area contributed by atoms with Crippen molar-refractivity contribution < 1.29 is 4.74 Å². The lowest BCUT2D eigenvalue weighted by atomic mass is 10.1. The van der Waals surface area contributed by atoms with Crippen LogP contribution in [0.4, 0.5) is 0 Å². The normalized spacial score (nSPS) is 21.8. The number of allylic oxidation sites excluding steroid dienone is 1. The van der Waals surface area contributed by atoms with E-state index >= 15 is 0 Å². The van der Waals surface area contributed by atoms with Gasteiger partial charge in [-0.2, -0.15) is 5.10 Å². The van der Waals surface area contributed by atoms with E-state index in [2.05, 4.69) is 29.5 Å². The van der Waals surface area contributed by atoms with E-state index in [1.165, 1.54) is 11.3 Å². The average molecular weight is 235 g/mol. The molecule has 94 valence electrons. The third kappa shape index (κ3) is 3.68. The summed E-state index contributed by atoms with van der Waals surface area (Å²) in [6.07, 6.45) is 6.15. The second kappa shape index (κ2) is 5.98. The van der Waals surface area contributed by atoms with Gasteiger partial charge in [0.1, 0.15) is 0 Å². The molecule has 0 saturated carbocycles. The Labute approximate surface area is 103 Å². The Kier molecular flexibility index (Phi) is 4.34. The van der Waals surface area contributed by atoms with Gasteiger partial charge in [0, 0.05) is 37.9 Å². The number of hydrogen-bond donors (Lipinski definition) is 1. The molecule has 0 bridgehead atoms. The summed E-state index contributed by atoms with van der Waals surface area (Å²) in [5, 5.41) is 7.64. The van der Waals surface area contributed by atoms with Crippen LogP contribution in [0.2, 0.25) is 0 Å². The van der Waals surface area contributed by atoms with Crippen LogP contribution in [0.25, 0.3) is 0 Å². The first-order valence-electron chi connectivity index (χ1n) is 6.19. The van der Waals surface area contributed by atoms with Crippen molar-refractivity contribution in [3.63, 3.8) is 0 Å². The molecule has 1 saturated heterocycles. The highest BCUT2D eigenvalue weighted by Gasteiger charge is 2.12. The van der Waals surface area contributed by atoms with Gasteiger partial charge in [0.15, 0.2) is 0 Å². The van der Waals surface area contributed by atoms with Crippen LogP contribution in [0, 0.1) is 0 Å². The van der Waals surface area contributed by atoms with Gasteiger partial charge in [0.25, 0.3) is 0 Å². The minimum Gasteiger partial charge on any atom is -0.379 e. The molecule has 2 rings (SSSR count). The number of rotatable bonds is 4. The van der Waals surface area contributed by atoms with Crippen LogP contribution < -0.4 is 5.32 Å². The van der Waals surface area contributed by atoms with Crippen molar-refractivity contribution in [2.45, 2.75) is 25.8 Å². The molecule has 1 N–H and O–H groups in total. The number of aryl methyl sites for hydroxylation is 1. The van der Waals surface area contributed by atoms with E-state index < -0.39 is 0 Å². The summed E-state index contributed by atoms with van der Waals surface area (Å²) in [7, 11) is 1.98. The highest BCUT2D eigenvalue weighted by molar-refractivity contribution is 5.10. The zero-order valence-corrected chi connectivity index (χ0v) is 10.6. The van der Waals surface area contributed by atoms with Crippen molar-refractivity contribution in [1.82, 2.24) is 15.1 Å². The number of hydrogen-bond acceptors (Lipinski definition) is 3. The first-order valence-corrected chi connectivity index (χ1v) is 6.19. The minimum absolute atomic E-state index is 0.478. The van der Waals surface area contributed by atoms with Crippen LogP contribution in [0.3, 0.4) is 0 Å². The van der Waals surface area contributed by atoms with Gasteiger partial charge in [-0.1, -0.05) is 11.6 Å². The molecule has 4 nitrogen and oxygen atoms in total. The Bertz CT molecular complexity index is 378. The zero-order chi connectivity index (χ0) is 12.1. The van der Waals surface area contributed by atoms with Gasteiger partial charge in [-0.05, 0) is 19.4 Å². The van der Waals surface area contributed by atoms with Gasteiger partial charge >= 0.3 is 0 Å². The molecular formula is C13H21N3O. The van der Waals surface area contributed by atoms with Gasteiger partial charge < -0.3 is 10.1 Å². The molecule has 1 aliphatic heterocycles. The quantitative estimate of drug-likeness (QED) is 0.799. The smallest absolute Gasteiger partial charge is 0.0623 e. The van der Waals surface area contributed by atoms with Crippen LogP contribution in [0.1, 0.15) is 19.0 Å². The van der Waals surface area contributed by atoms with Crippen molar-refractivity contribution in [3.05, 3.63) is 29.6 Å². The van der Waals surface area contributed by atoms with Crippen molar-refractivity contribution in [1.29, 1.82) is 0 Å². The lowest BCUT2D eigenvalue weighted by Gasteiger charge is -2.24. The molecule has 1 fully saturated rings. The van der Waals surface area contributed by atoms with Gasteiger partial charge in [-0.15, -0.1) is 0 Å². The maximum absolute atomic E-state index is 5.45. The predicted molar refractivity (Wildman–Crippen MR) is 67.9 cm³/mol. The molecule has 17 heavy (non-hydrogen) atoms. The number of morpholine rings is 1. The molecule has 1 aromatic heterocycles. The second-order valence-corrected chi connectivity index (χ2v) is 4.63. The number of aromatic nitrogens is 2. The predicted octanol–water partition coefficient (Wildman–Crippen LogP) is 1.29. The zero-order valence-electron chi connectivity index (χ0n) is 10.6. The summed E-state index contributed by atoms with van der Waals surface area (Å²) in [4.78, 5) is 0. The van der Waals surface area contributed by atoms with Crippen LogP contribution in [0.5, 0.6) is 0 Å². The van der Waals surface area contributed by atoms with Gasteiger partial charge in [0.2, 0.25) is 0 Å². The third-order valence-electron chi connectivity index (χ3n) is 3.15. The van der Waals surface area contributed by atoms with Crippen molar-refractivity contribution >= 4 is 0 Å². The number of nitrogens with one attached hydrogen (secondary N) is 1. The number of nitrogens with zero attached hydrogens (tertiary/aromatic N) is 2. The average Bonchev–Trinajstić information content (AvgIpc) is 2.74. The Balaban J connectivity index is 1.82. The molecule has 1 aromatic rings. The monoisotopic (exact) mass is 235 g/mol. The van der Waals surface area contributed by atoms with Crippen LogP contribution in [-0.4, -0.2) is 35.6 Å². The summed E-state index contributed by atoms with van der Waals surface area (Å²) >= 11 is 0. The molecule has 4 heteroatoms. The highest BCUT2D eigenvalue weighted by Crippen LogP contribution is 2.09. The minimum atomic E-state index is 0.478. The maximum Gasteiger partial charge on any atom is 0.0623 e. The lowest BCUT2D eigenvalue weighted by Crippen LogP contribution is -2.41. The largest absolute Gasteiger partial charge is 0.379 e. The molecule has 0 aromatic carbocycles. The molecular weight excluding hydrogens is 214 g/mol. The Morgan fingerprint density at radius 1 is 1.71 bits per heavy atom. The molecule has 0 amide bonds. The van der Waals surface area contributed by atoms with Crippen LogP contribution in [-0.2, 0) is 18.2 Å². The maximum atomic E-state index is 5.45. The van der Waals surface area contributed by atoms with E-state index in [9.17, 15) is 0 Å². The van der Waals surface area contributed by atoms with E-state index in [0.717, 1.165) is 32.6 Å². The number of ether oxygens (including phenoxy) is 1. The van der Waals surface area contributed by atoms with Crippen molar-refractivity contribution in [2.24, 2.45) is 7.05 Å². The van der Waals surface area contributed by atoms with Crippen LogP contribution >= 0.6 is 0 Å². The second-order valence-electron chi connectivity index (χ2n) is 4.63. The summed E-state index contributed by atoms with van der Waals surface area (Å²) < 4.78 is 7.37. The van der Waals surface area contributed by atoms with E-state index in [-0.39, 0.29) is 0 Å². The molecule has 0 radical (unpaired) electrons. The Morgan fingerprint density at radius 3 is 3.24 bits per heavy atom. The highest BCUT2D eigenvalue weighted by atomic mass is 16.5. The fourth-order valence-corrected chi connectivity index (χ4v) is 2.10. The summed E-state index contributed by atoms with van der Waals surface area (Å²) in [5.74, 6) is 0. The van der Waals surface area contributed by atoms with Crippen molar-refractivity contribution in [2.75, 3.05) is 19.8 Å². The van der Waals surface area contributed by atoms with Gasteiger partial charge in [-0.3, -0.25) is 4.68 Å². The molecule has 1 aliphatic rings. The Morgan fingerprint density at radius 2 is 2.59 bits per heavy atom. The molecule has 1 atom stereocenters. The van der Waals surface area contributed by atoms with Gasteiger partial charge in [0.05, 0.1) is 13.2 Å². The molecule has 0 spiro atoms. The summed E-state index contributed by atoms with van der Waals surface area (Å²) in [5.41, 5.74) is 2.66. The van der Waals surface area contributed by atoms with Gasteiger partial charge in [-0.25, -0.2) is 0 Å². The molecule has 1 unspecified atom stereocenters. The first kappa shape index (κ1) is 12.3. The summed E-state index contributed by atoms with van der Waals surface area (Å²) in [6.45, 7) is 4.83. The molecule has 2 heterocycles. The van der Waals surface area contributed by atoms with E-state index in [1.807, 2.05) is 17.9 Å². The standard InChI is InChI=1S/C13H21N3O/c1-11(9-12-10-17-8-7-14-12)3-4-13-5-6-15-16(13)2/h3,5-6,12,14H,4,7-10H2,1-2H3. The van der Waals surface area contributed by atoms with E-state index in [0.29, 0.717) is 6.04 Å². The van der Waals surface area contributed by atoms with Crippen LogP contribution in [0.15, 0.2) is 23.9 Å². The fourth-order valence-electron chi connectivity index (χ4n) is 2.10. The third-order valence-corrected chi connectivity index (χ3v) is 3.15. The fraction of sp³-hybridized carbons (Fsp3) is 0.615. The van der Waals surface area contributed by atoms with E-state index in [4.69, 9.17) is 4.74 Å². The Hall–Kier alpha value is -1.13. The summed E-state index contributed by atoms with van der Waals surface area (Å²) in [6, 6.07) is 2.54. The first-order chi connectivity index (χ1) is 8.25. The van der Waals surface area contributed by atoms with Crippen molar-refractivity contribution in [3.8, 4) is 0 Å².